The Labute approximate surface area is 496 Å². The van der Waals surface area contributed by atoms with E-state index in [2.05, 4.69) is 59.8 Å². The van der Waals surface area contributed by atoms with Crippen molar-refractivity contribution in [1.29, 1.82) is 0 Å². The van der Waals surface area contributed by atoms with Crippen LogP contribution in [0.25, 0.3) is 0 Å². The number of ketones is 3. The number of hydrogen-bond donors (Lipinski definition) is 0. The van der Waals surface area contributed by atoms with E-state index in [0.29, 0.717) is 19.3 Å². The molecule has 0 aromatic rings. The molecule has 0 aromatic carbocycles. The SMILES string of the molecule is CC(C)=CCC/C(C)=C/[C@H]1OC(=O)CC12C[C@H](OC(=O)C1CC1)C=CC2=O.CC(C)=CCC/C(C)=C/[C@H]1OC(=O)CC12C[C@H](OC(=O)C1CCC1)C=CC2=O.CC(C)=CCC/C(C)=C/[C@H]1OC(=O)CC12C[C@H](OC(=O)C1CCCC1)C=CC2=O. The smallest absolute Gasteiger partial charge is 0.309 e. The number of allylic oxidation sites excluding steroid dienone is 12. The molecule has 0 aromatic heterocycles. The van der Waals surface area contributed by atoms with Crippen LogP contribution in [0.4, 0.5) is 0 Å². The highest BCUT2D eigenvalue weighted by molar-refractivity contribution is 6.02. The van der Waals surface area contributed by atoms with E-state index in [1.54, 1.807) is 18.2 Å². The van der Waals surface area contributed by atoms with Crippen molar-refractivity contribution >= 4 is 53.2 Å². The maximum atomic E-state index is 12.8. The van der Waals surface area contributed by atoms with Crippen LogP contribution in [0.2, 0.25) is 0 Å². The molecule has 15 nitrogen and oxygen atoms in total. The number of esters is 6. The highest BCUT2D eigenvalue weighted by Gasteiger charge is 2.58. The fourth-order valence-corrected chi connectivity index (χ4v) is 12.3. The largest absolute Gasteiger partial charge is 0.458 e. The Kier molecular flexibility index (Phi) is 22.5. The highest BCUT2D eigenvalue weighted by atomic mass is 16.6. The van der Waals surface area contributed by atoms with Crippen molar-refractivity contribution in [3.63, 3.8) is 0 Å². The molecule has 0 N–H and O–H groups in total. The minimum atomic E-state index is -0.968. The molecule has 15 heteroatoms. The zero-order chi connectivity index (χ0) is 60.9. The minimum absolute atomic E-state index is 0.00134. The lowest BCUT2D eigenvalue weighted by Crippen LogP contribution is -2.44. The molecule has 84 heavy (non-hydrogen) atoms. The summed E-state index contributed by atoms with van der Waals surface area (Å²) in [5.41, 5.74) is 4.16. The Morgan fingerprint density at radius 2 is 0.702 bits per heavy atom. The molecule has 6 fully saturated rings. The molecule has 3 heterocycles. The van der Waals surface area contributed by atoms with E-state index in [9.17, 15) is 43.2 Å². The van der Waals surface area contributed by atoms with Gasteiger partial charge in [-0.1, -0.05) is 70.9 Å². The van der Waals surface area contributed by atoms with Crippen molar-refractivity contribution in [2.75, 3.05) is 0 Å². The minimum Gasteiger partial charge on any atom is -0.458 e. The third-order valence-electron chi connectivity index (χ3n) is 17.8. The lowest BCUT2D eigenvalue weighted by Gasteiger charge is -2.35. The number of rotatable bonds is 18. The van der Waals surface area contributed by atoms with Crippen molar-refractivity contribution in [3.05, 3.63) is 106 Å². The predicted molar refractivity (Wildman–Crippen MR) is 316 cm³/mol. The third-order valence-corrected chi connectivity index (χ3v) is 17.8. The van der Waals surface area contributed by atoms with Crippen LogP contribution in [0, 0.1) is 34.0 Å². The van der Waals surface area contributed by atoms with Gasteiger partial charge in [0.25, 0.3) is 0 Å². The van der Waals surface area contributed by atoms with E-state index in [-0.39, 0.29) is 90.2 Å². The maximum absolute atomic E-state index is 12.8. The van der Waals surface area contributed by atoms with Crippen molar-refractivity contribution < 1.29 is 71.6 Å². The van der Waals surface area contributed by atoms with Crippen LogP contribution in [-0.2, 0) is 71.6 Å². The van der Waals surface area contributed by atoms with Gasteiger partial charge in [-0.25, -0.2) is 0 Å². The van der Waals surface area contributed by atoms with Gasteiger partial charge in [0.1, 0.15) is 36.6 Å². The van der Waals surface area contributed by atoms with E-state index >= 15 is 0 Å². The van der Waals surface area contributed by atoms with Crippen LogP contribution in [0.3, 0.4) is 0 Å². The standard InChI is InChI=1S/C24H32O5.C23H30O5.C22H28O5/c1-16(2)7-6-8-17(3)13-21-24(15-22(26)29-21)14-19(11-12-20(24)25)28-23(27)18-9-4-5-10-18;1-15(2)6-4-7-16(3)12-20-23(14-21(25)28-20)13-18(10-11-19(23)24)27-22(26)17-8-5-9-17;1-14(2)5-4-6-15(3)11-19-22(13-20(24)27-19)12-17(9-10-18(22)23)26-21(25)16-7-8-16/h7,11-13,18-19,21H,4-6,8-10,14-15H2,1-3H3;6,10-12,17-18,20H,4-5,7-9,13-14H2,1-3H3;5,9-11,16-17,19H,4,6-8,12-13H2,1-3H3/b17-13+;16-12+;15-11+/t19-,21-,24?;18-,20-,23?;17-,19-,22?/m111/s1. The van der Waals surface area contributed by atoms with Gasteiger partial charge in [0.2, 0.25) is 0 Å². The summed E-state index contributed by atoms with van der Waals surface area (Å²) >= 11 is 0. The van der Waals surface area contributed by atoms with Gasteiger partial charge < -0.3 is 28.4 Å². The molecular formula is C69H90O15. The van der Waals surface area contributed by atoms with Crippen LogP contribution >= 0.6 is 0 Å². The number of cyclic esters (lactones) is 3. The van der Waals surface area contributed by atoms with Crippen LogP contribution in [0.15, 0.2) is 106 Å². The maximum Gasteiger partial charge on any atom is 0.309 e. The average Bonchev–Trinajstić information content (AvgIpc) is 2.07. The highest BCUT2D eigenvalue weighted by Crippen LogP contribution is 2.49. The van der Waals surface area contributed by atoms with Gasteiger partial charge in [0.15, 0.2) is 17.3 Å². The van der Waals surface area contributed by atoms with Crippen LogP contribution in [-0.4, -0.2) is 89.8 Å². The Morgan fingerprint density at radius 1 is 0.429 bits per heavy atom. The molecule has 3 aliphatic heterocycles. The third kappa shape index (κ3) is 17.1. The van der Waals surface area contributed by atoms with Gasteiger partial charge in [-0.2, -0.15) is 0 Å². The van der Waals surface area contributed by atoms with Crippen LogP contribution in [0.5, 0.6) is 0 Å². The lowest BCUT2D eigenvalue weighted by atomic mass is 9.69. The molecule has 9 aliphatic rings. The molecule has 3 saturated heterocycles. The summed E-state index contributed by atoms with van der Waals surface area (Å²) in [6, 6.07) is 0. The summed E-state index contributed by atoms with van der Waals surface area (Å²) in [5.74, 6) is -2.10. The second-order valence-electron chi connectivity index (χ2n) is 25.8. The van der Waals surface area contributed by atoms with Crippen molar-refractivity contribution in [2.45, 2.75) is 234 Å². The summed E-state index contributed by atoms with van der Waals surface area (Å²) in [5, 5.41) is 0. The van der Waals surface area contributed by atoms with Gasteiger partial charge in [-0.3, -0.25) is 43.2 Å². The van der Waals surface area contributed by atoms with E-state index < -0.39 is 52.9 Å². The first-order valence-electron chi connectivity index (χ1n) is 30.7. The molecule has 6 aliphatic carbocycles. The number of carbonyl (C=O) groups excluding carboxylic acids is 9. The van der Waals surface area contributed by atoms with Gasteiger partial charge in [0.05, 0.1) is 53.3 Å². The lowest BCUT2D eigenvalue weighted by molar-refractivity contribution is -0.158. The normalized spacial score (nSPS) is 30.2. The number of hydrogen-bond acceptors (Lipinski definition) is 15. The molecular weight excluding hydrogens is 1070 g/mol. The molecule has 3 unspecified atom stereocenters. The second kappa shape index (κ2) is 29.1. The summed E-state index contributed by atoms with van der Waals surface area (Å²) in [6.45, 7) is 18.4. The molecule has 0 bridgehead atoms. The van der Waals surface area contributed by atoms with Crippen molar-refractivity contribution in [2.24, 2.45) is 34.0 Å². The quantitative estimate of drug-likeness (QED) is 0.0710. The van der Waals surface area contributed by atoms with Gasteiger partial charge in [-0.15, -0.1) is 0 Å². The topological polar surface area (TPSA) is 209 Å². The monoisotopic (exact) mass is 1160 g/mol. The summed E-state index contributed by atoms with van der Waals surface area (Å²) in [4.78, 5) is 111. The Bertz CT molecular complexity index is 2810. The fourth-order valence-electron chi connectivity index (χ4n) is 12.3. The molecule has 3 saturated carbocycles. The van der Waals surface area contributed by atoms with Gasteiger partial charge >= 0.3 is 35.8 Å². The predicted octanol–water partition coefficient (Wildman–Crippen LogP) is 12.7. The molecule has 9 rings (SSSR count). The number of ether oxygens (including phenoxy) is 6. The Hall–Kier alpha value is -6.51. The molecule has 456 valence electrons. The van der Waals surface area contributed by atoms with Gasteiger partial charge in [-0.05, 0) is 194 Å². The van der Waals surface area contributed by atoms with Gasteiger partial charge in [0, 0.05) is 19.3 Å². The van der Waals surface area contributed by atoms with E-state index in [4.69, 9.17) is 28.4 Å². The Balaban J connectivity index is 0.000000181. The van der Waals surface area contributed by atoms with Crippen LogP contribution < -0.4 is 0 Å². The Morgan fingerprint density at radius 3 is 0.952 bits per heavy atom. The first-order valence-corrected chi connectivity index (χ1v) is 30.7. The van der Waals surface area contributed by atoms with E-state index in [0.717, 1.165) is 113 Å². The average molecular weight is 1160 g/mol. The second-order valence-corrected chi connectivity index (χ2v) is 25.8. The van der Waals surface area contributed by atoms with Crippen LogP contribution in [0.1, 0.15) is 197 Å². The van der Waals surface area contributed by atoms with E-state index in [1.807, 2.05) is 39.0 Å². The fraction of sp³-hybridized carbons (Fsp3) is 0.609. The summed E-state index contributed by atoms with van der Waals surface area (Å²) in [7, 11) is 0. The number of carbonyl (C=O) groups is 9. The molecule has 3 spiro atoms. The molecule has 0 amide bonds. The molecule has 0 radical (unpaired) electrons. The zero-order valence-corrected chi connectivity index (χ0v) is 51.1. The zero-order valence-electron chi connectivity index (χ0n) is 51.1. The first kappa shape index (κ1) is 65.0. The first-order chi connectivity index (χ1) is 39.9. The summed E-state index contributed by atoms with van der Waals surface area (Å²) < 4.78 is 33.5. The van der Waals surface area contributed by atoms with Crippen molar-refractivity contribution in [1.82, 2.24) is 0 Å². The van der Waals surface area contributed by atoms with Crippen molar-refractivity contribution in [3.8, 4) is 0 Å². The summed E-state index contributed by atoms with van der Waals surface area (Å²) in [6.07, 6.45) is 33.0. The van der Waals surface area contributed by atoms with E-state index in [1.165, 1.54) is 34.9 Å². The molecule has 9 atom stereocenters.